The van der Waals surface area contributed by atoms with Crippen LogP contribution in [0.1, 0.15) is 35.5 Å². The summed E-state index contributed by atoms with van der Waals surface area (Å²) in [5, 5.41) is 13.1. The van der Waals surface area contributed by atoms with E-state index in [1.165, 1.54) is 30.0 Å². The van der Waals surface area contributed by atoms with E-state index in [0.29, 0.717) is 16.9 Å². The molecule has 2 aromatic heterocycles. The molecule has 1 aliphatic rings. The summed E-state index contributed by atoms with van der Waals surface area (Å²) in [6, 6.07) is 12.6. The SMILES string of the molecule is Cc1n(CCCOC(=O)C(O)(c2ccccc2)c2cccs2)cc[n+]1CC1CC1.[Br-]. The Morgan fingerprint density at radius 3 is 2.70 bits per heavy atom. The van der Waals surface area contributed by atoms with Crippen LogP contribution in [0.4, 0.5) is 0 Å². The number of thiophene rings is 1. The summed E-state index contributed by atoms with van der Waals surface area (Å²) in [6.45, 7) is 4.26. The van der Waals surface area contributed by atoms with Gasteiger partial charge in [0.25, 0.3) is 5.82 Å². The molecule has 1 unspecified atom stereocenters. The van der Waals surface area contributed by atoms with Gasteiger partial charge < -0.3 is 26.8 Å². The van der Waals surface area contributed by atoms with Gasteiger partial charge in [-0.1, -0.05) is 36.4 Å². The van der Waals surface area contributed by atoms with Gasteiger partial charge in [0.15, 0.2) is 0 Å². The molecule has 0 saturated heterocycles. The average molecular weight is 491 g/mol. The van der Waals surface area contributed by atoms with Crippen LogP contribution >= 0.6 is 11.3 Å². The second kappa shape index (κ2) is 9.90. The van der Waals surface area contributed by atoms with Crippen LogP contribution in [0.15, 0.2) is 60.2 Å². The summed E-state index contributed by atoms with van der Waals surface area (Å²) in [6.07, 6.45) is 7.58. The lowest BCUT2D eigenvalue weighted by atomic mass is 9.92. The van der Waals surface area contributed by atoms with Gasteiger partial charge in [0.2, 0.25) is 5.60 Å². The van der Waals surface area contributed by atoms with Crippen LogP contribution in [-0.4, -0.2) is 22.2 Å². The van der Waals surface area contributed by atoms with E-state index in [1.54, 1.807) is 18.2 Å². The lowest BCUT2D eigenvalue weighted by Gasteiger charge is -2.25. The molecule has 7 heteroatoms. The highest BCUT2D eigenvalue weighted by molar-refractivity contribution is 7.10. The number of aromatic nitrogens is 2. The molecule has 0 aliphatic heterocycles. The summed E-state index contributed by atoms with van der Waals surface area (Å²) in [5.74, 6) is 1.44. The van der Waals surface area contributed by atoms with Gasteiger partial charge in [-0.05, 0) is 30.2 Å². The zero-order valence-corrected chi connectivity index (χ0v) is 19.4. The Morgan fingerprint density at radius 2 is 2.03 bits per heavy atom. The highest BCUT2D eigenvalue weighted by Gasteiger charge is 2.42. The lowest BCUT2D eigenvalue weighted by Crippen LogP contribution is -3.00. The first kappa shape index (κ1) is 22.7. The minimum atomic E-state index is -1.77. The number of rotatable bonds is 9. The maximum Gasteiger partial charge on any atom is 0.348 e. The third-order valence-electron chi connectivity index (χ3n) is 5.55. The Labute approximate surface area is 191 Å². The van der Waals surface area contributed by atoms with Gasteiger partial charge in [0, 0.05) is 18.9 Å². The van der Waals surface area contributed by atoms with Crippen molar-refractivity contribution < 1.29 is 36.2 Å². The number of nitrogens with zero attached hydrogens (tertiary/aromatic N) is 2. The Balaban J connectivity index is 0.00000256. The molecule has 0 radical (unpaired) electrons. The van der Waals surface area contributed by atoms with Crippen molar-refractivity contribution in [1.29, 1.82) is 0 Å². The van der Waals surface area contributed by atoms with Crippen LogP contribution in [0, 0.1) is 12.8 Å². The number of benzene rings is 1. The van der Waals surface area contributed by atoms with Gasteiger partial charge >= 0.3 is 5.97 Å². The number of aliphatic hydroxyl groups is 1. The highest BCUT2D eigenvalue weighted by Crippen LogP contribution is 2.34. The number of ether oxygens (including phenoxy) is 1. The van der Waals surface area contributed by atoms with Crippen molar-refractivity contribution in [2.75, 3.05) is 6.61 Å². The van der Waals surface area contributed by atoms with E-state index in [-0.39, 0.29) is 23.6 Å². The molecule has 1 N–H and O–H groups in total. The molecule has 0 bridgehead atoms. The van der Waals surface area contributed by atoms with Crippen LogP contribution in [0.2, 0.25) is 0 Å². The number of imidazole rings is 1. The van der Waals surface area contributed by atoms with Crippen molar-refractivity contribution in [3.63, 3.8) is 0 Å². The summed E-state index contributed by atoms with van der Waals surface area (Å²) < 4.78 is 10.0. The molecule has 1 saturated carbocycles. The molecule has 0 amide bonds. The monoisotopic (exact) mass is 490 g/mol. The van der Waals surface area contributed by atoms with E-state index in [1.807, 2.05) is 29.6 Å². The van der Waals surface area contributed by atoms with Gasteiger partial charge in [-0.15, -0.1) is 11.3 Å². The molecule has 2 heterocycles. The number of carbonyl (C=O) groups is 1. The van der Waals surface area contributed by atoms with Crippen molar-refractivity contribution in [3.8, 4) is 0 Å². The van der Waals surface area contributed by atoms with Crippen molar-refractivity contribution in [1.82, 2.24) is 4.57 Å². The maximum absolute atomic E-state index is 12.9. The number of hydrogen-bond donors (Lipinski definition) is 1. The van der Waals surface area contributed by atoms with Crippen LogP contribution in [0.25, 0.3) is 0 Å². The Bertz CT molecular complexity index is 954. The van der Waals surface area contributed by atoms with Gasteiger partial charge in [0.1, 0.15) is 12.4 Å². The predicted octanol–water partition coefficient (Wildman–Crippen LogP) is 0.429. The number of aryl methyl sites for hydroxylation is 1. The molecule has 30 heavy (non-hydrogen) atoms. The predicted molar refractivity (Wildman–Crippen MR) is 111 cm³/mol. The molecule has 3 aromatic rings. The molecular formula is C23H27BrN2O3S. The summed E-state index contributed by atoms with van der Waals surface area (Å²) in [7, 11) is 0. The van der Waals surface area contributed by atoms with Crippen molar-refractivity contribution in [3.05, 3.63) is 76.5 Å². The Kier molecular flexibility index (Phi) is 7.50. The van der Waals surface area contributed by atoms with E-state index >= 15 is 0 Å². The van der Waals surface area contributed by atoms with Crippen LogP contribution < -0.4 is 21.5 Å². The summed E-state index contributed by atoms with van der Waals surface area (Å²) >= 11 is 1.35. The fourth-order valence-electron chi connectivity index (χ4n) is 3.58. The Hall–Kier alpha value is -1.96. The summed E-state index contributed by atoms with van der Waals surface area (Å²) in [4.78, 5) is 13.5. The maximum atomic E-state index is 12.9. The normalized spacial score (nSPS) is 15.3. The molecule has 0 spiro atoms. The highest BCUT2D eigenvalue weighted by atomic mass is 79.9. The van der Waals surface area contributed by atoms with E-state index in [9.17, 15) is 9.90 Å². The molecule has 1 aliphatic carbocycles. The van der Waals surface area contributed by atoms with Crippen LogP contribution in [-0.2, 0) is 28.2 Å². The number of esters is 1. The second-order valence-electron chi connectivity index (χ2n) is 7.68. The molecule has 1 atom stereocenters. The lowest BCUT2D eigenvalue weighted by molar-refractivity contribution is -0.705. The first-order valence-corrected chi connectivity index (χ1v) is 11.0. The topological polar surface area (TPSA) is 55.3 Å². The van der Waals surface area contributed by atoms with Gasteiger partial charge in [0.05, 0.1) is 24.6 Å². The number of hydrogen-bond acceptors (Lipinski definition) is 4. The zero-order chi connectivity index (χ0) is 20.3. The van der Waals surface area contributed by atoms with Crippen molar-refractivity contribution >= 4 is 17.3 Å². The van der Waals surface area contributed by atoms with Crippen LogP contribution in [0.3, 0.4) is 0 Å². The molecule has 160 valence electrons. The van der Waals surface area contributed by atoms with Gasteiger partial charge in [-0.25, -0.2) is 13.9 Å². The summed E-state index contributed by atoms with van der Waals surface area (Å²) in [5.41, 5.74) is -1.25. The fourth-order valence-corrected chi connectivity index (χ4v) is 4.41. The standard InChI is InChI=1S/C23H27N2O3S.BrH/c1-18-24(13-14-25(18)17-19-10-11-19)12-6-15-28-22(26)23(27,21-9-5-16-29-21)20-7-3-2-4-8-20;/h2-5,7-9,13-14,16,19,27H,6,10-12,15,17H2,1H3;1H/q+1;/p-1. The number of halogens is 1. The third-order valence-corrected chi connectivity index (χ3v) is 6.53. The molecule has 1 fully saturated rings. The first-order valence-electron chi connectivity index (χ1n) is 10.1. The molecular weight excluding hydrogens is 464 g/mol. The van der Waals surface area contributed by atoms with Crippen molar-refractivity contribution in [2.45, 2.75) is 44.9 Å². The van der Waals surface area contributed by atoms with Gasteiger partial charge in [-0.2, -0.15) is 0 Å². The molecule has 5 nitrogen and oxygen atoms in total. The van der Waals surface area contributed by atoms with E-state index in [0.717, 1.165) is 19.0 Å². The molecule has 1 aromatic carbocycles. The quantitative estimate of drug-likeness (QED) is 0.269. The number of carbonyl (C=O) groups excluding carboxylic acids is 1. The second-order valence-corrected chi connectivity index (χ2v) is 8.63. The van der Waals surface area contributed by atoms with Gasteiger partial charge in [-0.3, -0.25) is 0 Å². The Morgan fingerprint density at radius 1 is 1.27 bits per heavy atom. The molecule has 4 rings (SSSR count). The van der Waals surface area contributed by atoms with E-state index in [4.69, 9.17) is 4.74 Å². The van der Waals surface area contributed by atoms with Crippen molar-refractivity contribution in [2.24, 2.45) is 5.92 Å². The fraction of sp³-hybridized carbons (Fsp3) is 0.391. The first-order chi connectivity index (χ1) is 14.1. The van der Waals surface area contributed by atoms with E-state index < -0.39 is 11.6 Å². The third kappa shape index (κ3) is 4.85. The van der Waals surface area contributed by atoms with E-state index in [2.05, 4.69) is 28.5 Å². The average Bonchev–Trinajstić information content (AvgIpc) is 3.25. The smallest absolute Gasteiger partial charge is 0.348 e. The largest absolute Gasteiger partial charge is 1.00 e. The zero-order valence-electron chi connectivity index (χ0n) is 17.0. The van der Waals surface area contributed by atoms with Crippen LogP contribution in [0.5, 0.6) is 0 Å². The minimum Gasteiger partial charge on any atom is -1.00 e. The minimum absolute atomic E-state index is 0.